The van der Waals surface area contributed by atoms with Gasteiger partial charge in [-0.15, -0.1) is 0 Å². The van der Waals surface area contributed by atoms with E-state index in [1.807, 2.05) is 0 Å². The highest BCUT2D eigenvalue weighted by Gasteiger charge is 2.28. The standard InChI is InChI=1S/C31H28IN/c1-3-22-10-4-6-13-25(22)19-29(32)30-20-28(26-14-8-9-21(2)17-26)31(33-30)27-16-15-23-11-5-7-12-24(23)18-27/h3-7,9-13,15-20,28-29H,8,14H2,1-2H3/b22-3-,25-19-/t28?,29-/m1/s1. The van der Waals surface area contributed by atoms with Gasteiger partial charge >= 0.3 is 0 Å². The Kier molecular flexibility index (Phi) is 6.45. The fraction of sp³-hybridized carbons (Fsp3) is 0.194. The molecule has 0 spiro atoms. The Labute approximate surface area is 209 Å². The molecule has 1 heterocycles. The fourth-order valence-corrected chi connectivity index (χ4v) is 5.56. The molecule has 33 heavy (non-hydrogen) atoms. The van der Waals surface area contributed by atoms with Gasteiger partial charge in [-0.3, -0.25) is 4.99 Å². The van der Waals surface area contributed by atoms with E-state index in [2.05, 4.69) is 134 Å². The number of aliphatic imine (C=N–C) groups is 1. The first-order valence-corrected chi connectivity index (χ1v) is 12.9. The van der Waals surface area contributed by atoms with Gasteiger partial charge in [0.1, 0.15) is 0 Å². The average Bonchev–Trinajstić information content (AvgIpc) is 3.30. The first-order valence-electron chi connectivity index (χ1n) is 11.7. The van der Waals surface area contributed by atoms with Crippen LogP contribution in [0.4, 0.5) is 0 Å². The molecule has 3 aromatic rings. The second kappa shape index (κ2) is 9.64. The van der Waals surface area contributed by atoms with Crippen molar-refractivity contribution in [3.05, 3.63) is 118 Å². The summed E-state index contributed by atoms with van der Waals surface area (Å²) in [6.45, 7) is 4.31. The topological polar surface area (TPSA) is 12.4 Å². The second-order valence-electron chi connectivity index (χ2n) is 8.82. The molecule has 0 bridgehead atoms. The number of rotatable bonds is 4. The maximum Gasteiger partial charge on any atom is 0.0718 e. The molecule has 1 nitrogen and oxygen atoms in total. The minimum Gasteiger partial charge on any atom is -0.255 e. The summed E-state index contributed by atoms with van der Waals surface area (Å²) in [7, 11) is 0. The summed E-state index contributed by atoms with van der Waals surface area (Å²) in [6, 6.07) is 23.9. The minimum atomic E-state index is 0.213. The third-order valence-corrected chi connectivity index (χ3v) is 7.55. The van der Waals surface area contributed by atoms with Crippen LogP contribution in [0.25, 0.3) is 22.9 Å². The van der Waals surface area contributed by atoms with Crippen LogP contribution in [0.2, 0.25) is 0 Å². The van der Waals surface area contributed by atoms with Gasteiger partial charge in [0, 0.05) is 5.92 Å². The van der Waals surface area contributed by atoms with Crippen molar-refractivity contribution in [1.82, 2.24) is 0 Å². The fourth-order valence-electron chi connectivity index (χ4n) is 4.83. The van der Waals surface area contributed by atoms with E-state index in [9.17, 15) is 0 Å². The summed E-state index contributed by atoms with van der Waals surface area (Å²) in [4.78, 5) is 5.27. The first kappa shape index (κ1) is 22.1. The van der Waals surface area contributed by atoms with Crippen molar-refractivity contribution in [3.8, 4) is 0 Å². The normalized spacial score (nSPS) is 20.4. The molecule has 0 radical (unpaired) electrons. The largest absolute Gasteiger partial charge is 0.255 e. The maximum absolute atomic E-state index is 5.27. The van der Waals surface area contributed by atoms with Crippen molar-refractivity contribution in [1.29, 1.82) is 0 Å². The van der Waals surface area contributed by atoms with Crippen molar-refractivity contribution in [2.24, 2.45) is 10.9 Å². The minimum absolute atomic E-state index is 0.213. The van der Waals surface area contributed by atoms with Gasteiger partial charge in [0.25, 0.3) is 0 Å². The lowest BCUT2D eigenvalue weighted by Gasteiger charge is -2.19. The summed E-state index contributed by atoms with van der Waals surface area (Å²) in [5, 5.41) is 5.07. The predicted octanol–water partition coefficient (Wildman–Crippen LogP) is 6.89. The Morgan fingerprint density at radius 2 is 1.73 bits per heavy atom. The Hall–Kier alpha value is -2.72. The summed E-state index contributed by atoms with van der Waals surface area (Å²) >= 11 is 2.53. The van der Waals surface area contributed by atoms with Crippen LogP contribution < -0.4 is 10.4 Å². The van der Waals surface area contributed by atoms with Gasteiger partial charge in [0.05, 0.1) is 15.3 Å². The van der Waals surface area contributed by atoms with Crippen molar-refractivity contribution in [3.63, 3.8) is 0 Å². The van der Waals surface area contributed by atoms with Crippen LogP contribution in [-0.2, 0) is 0 Å². The summed E-state index contributed by atoms with van der Waals surface area (Å²) in [6.07, 6.45) is 13.8. The molecule has 0 saturated carbocycles. The van der Waals surface area contributed by atoms with Gasteiger partial charge in [-0.2, -0.15) is 0 Å². The Bertz CT molecular complexity index is 1450. The molecule has 2 atom stereocenters. The summed E-state index contributed by atoms with van der Waals surface area (Å²) in [5.41, 5.74) is 6.40. The second-order valence-corrected chi connectivity index (χ2v) is 10.2. The molecule has 1 unspecified atom stereocenters. The lowest BCUT2D eigenvalue weighted by molar-refractivity contribution is 0.855. The number of halogens is 1. The summed E-state index contributed by atoms with van der Waals surface area (Å²) < 4.78 is 0.213. The smallest absolute Gasteiger partial charge is 0.0718 e. The van der Waals surface area contributed by atoms with E-state index in [-0.39, 0.29) is 9.84 Å². The van der Waals surface area contributed by atoms with Crippen molar-refractivity contribution < 1.29 is 0 Å². The van der Waals surface area contributed by atoms with E-state index in [1.165, 1.54) is 43.6 Å². The molecule has 1 aliphatic heterocycles. The predicted molar refractivity (Wildman–Crippen MR) is 151 cm³/mol. The van der Waals surface area contributed by atoms with E-state index >= 15 is 0 Å². The number of hydrogen-bond acceptors (Lipinski definition) is 1. The Morgan fingerprint density at radius 1 is 0.970 bits per heavy atom. The SMILES string of the molecule is C/C=c1/cccc/c1=C/[C@@H](I)C1=CC(C2=CC(C)=CCC2)C(c2ccc3ccccc3c2)=N1. The highest BCUT2D eigenvalue weighted by atomic mass is 127. The molecule has 2 aliphatic rings. The Balaban J connectivity index is 1.59. The molecule has 5 rings (SSSR count). The molecule has 164 valence electrons. The molecule has 0 N–H and O–H groups in total. The van der Waals surface area contributed by atoms with Gasteiger partial charge < -0.3 is 0 Å². The quantitative estimate of drug-likeness (QED) is 0.252. The van der Waals surface area contributed by atoms with E-state index in [4.69, 9.17) is 4.99 Å². The maximum atomic E-state index is 5.27. The van der Waals surface area contributed by atoms with Gasteiger partial charge in [-0.25, -0.2) is 0 Å². The average molecular weight is 541 g/mol. The molecule has 0 fully saturated rings. The highest BCUT2D eigenvalue weighted by Crippen LogP contribution is 2.36. The zero-order chi connectivity index (χ0) is 22.8. The molecule has 0 aromatic heterocycles. The first-order chi connectivity index (χ1) is 16.1. The Morgan fingerprint density at radius 3 is 2.52 bits per heavy atom. The number of fused-ring (bicyclic) bond motifs is 1. The van der Waals surface area contributed by atoms with Crippen molar-refractivity contribution in [2.45, 2.75) is 30.6 Å². The van der Waals surface area contributed by atoms with E-state index in [1.54, 1.807) is 0 Å². The lowest BCUT2D eigenvalue weighted by atomic mass is 9.84. The lowest BCUT2D eigenvalue weighted by Crippen LogP contribution is -2.24. The number of nitrogens with zero attached hydrogens (tertiary/aromatic N) is 1. The van der Waals surface area contributed by atoms with E-state index in [0.29, 0.717) is 0 Å². The van der Waals surface area contributed by atoms with Crippen LogP contribution in [0.5, 0.6) is 0 Å². The zero-order valence-electron chi connectivity index (χ0n) is 19.1. The van der Waals surface area contributed by atoms with Crippen LogP contribution in [0.3, 0.4) is 0 Å². The number of benzene rings is 3. The molecular weight excluding hydrogens is 513 g/mol. The van der Waals surface area contributed by atoms with Crippen LogP contribution in [-0.4, -0.2) is 9.64 Å². The third kappa shape index (κ3) is 4.67. The van der Waals surface area contributed by atoms with Gasteiger partial charge in [-0.05, 0) is 65.6 Å². The highest BCUT2D eigenvalue weighted by molar-refractivity contribution is 14.1. The molecule has 0 amide bonds. The number of alkyl halides is 1. The van der Waals surface area contributed by atoms with Crippen molar-refractivity contribution in [2.75, 3.05) is 0 Å². The van der Waals surface area contributed by atoms with E-state index < -0.39 is 0 Å². The van der Waals surface area contributed by atoms with E-state index in [0.717, 1.165) is 18.5 Å². The molecule has 2 heteroatoms. The number of hydrogen-bond donors (Lipinski definition) is 0. The van der Waals surface area contributed by atoms with Gasteiger partial charge in [0.2, 0.25) is 0 Å². The van der Waals surface area contributed by atoms with Crippen molar-refractivity contribution >= 4 is 51.2 Å². The monoisotopic (exact) mass is 541 g/mol. The van der Waals surface area contributed by atoms with Crippen LogP contribution in [0.1, 0.15) is 32.3 Å². The number of allylic oxidation sites excluding steroid dienone is 6. The third-order valence-electron chi connectivity index (χ3n) is 6.55. The molecule has 3 aromatic carbocycles. The van der Waals surface area contributed by atoms with Crippen LogP contribution in [0, 0.1) is 5.92 Å². The van der Waals surface area contributed by atoms with Crippen LogP contribution in [0.15, 0.2) is 107 Å². The molecular formula is C31H28IN. The summed E-state index contributed by atoms with van der Waals surface area (Å²) in [5.74, 6) is 0.239. The van der Waals surface area contributed by atoms with Crippen LogP contribution >= 0.6 is 22.6 Å². The molecule has 0 saturated heterocycles. The zero-order valence-corrected chi connectivity index (χ0v) is 21.3. The van der Waals surface area contributed by atoms with Gasteiger partial charge in [-0.1, -0.05) is 119 Å². The van der Waals surface area contributed by atoms with Gasteiger partial charge in [0.15, 0.2) is 0 Å². The molecule has 1 aliphatic carbocycles.